The largest absolute Gasteiger partial charge is 0.481 e. The molecule has 0 radical (unpaired) electrons. The topological polar surface area (TPSA) is 141 Å². The fourth-order valence-electron chi connectivity index (χ4n) is 2.86. The lowest BCUT2D eigenvalue weighted by Crippen LogP contribution is -2.41. The molecule has 4 N–H and O–H groups in total. The number of hydrogen-bond donors (Lipinski definition) is 3. The molecule has 9 heteroatoms. The molecular weight excluding hydrogens is 340 g/mol. The summed E-state index contributed by atoms with van der Waals surface area (Å²) in [7, 11) is 1.74. The van der Waals surface area contributed by atoms with Gasteiger partial charge in [0.25, 0.3) is 11.9 Å². The molecule has 1 aromatic heterocycles. The number of ether oxygens (including phenoxy) is 1. The van der Waals surface area contributed by atoms with Gasteiger partial charge in [-0.15, -0.1) is 0 Å². The van der Waals surface area contributed by atoms with Gasteiger partial charge in [-0.1, -0.05) is 6.92 Å². The summed E-state index contributed by atoms with van der Waals surface area (Å²) in [6, 6.07) is 0.112. The van der Waals surface area contributed by atoms with E-state index in [1.54, 1.807) is 7.11 Å². The number of aryl methyl sites for hydroxylation is 2. The van der Waals surface area contributed by atoms with E-state index >= 15 is 0 Å². The second-order valence-corrected chi connectivity index (χ2v) is 6.23. The molecule has 1 saturated carbocycles. The van der Waals surface area contributed by atoms with Crippen molar-refractivity contribution >= 4 is 11.9 Å². The molecule has 0 aromatic carbocycles. The van der Waals surface area contributed by atoms with Gasteiger partial charge < -0.3 is 20.7 Å². The predicted octanol–water partition coefficient (Wildman–Crippen LogP) is 1.79. The van der Waals surface area contributed by atoms with E-state index < -0.39 is 11.9 Å². The molecule has 150 valence electrons. The van der Waals surface area contributed by atoms with Crippen molar-refractivity contribution < 1.29 is 24.5 Å². The van der Waals surface area contributed by atoms with Gasteiger partial charge in [-0.2, -0.15) is 5.10 Å². The van der Waals surface area contributed by atoms with Crippen LogP contribution < -0.4 is 5.73 Å². The number of nitrogens with two attached hydrogens (primary N) is 1. The summed E-state index contributed by atoms with van der Waals surface area (Å²) in [5.41, 5.74) is 6.17. The van der Waals surface area contributed by atoms with E-state index in [1.807, 2.05) is 6.92 Å². The number of carboxylic acid groups (broad SMARTS) is 2. The van der Waals surface area contributed by atoms with E-state index in [-0.39, 0.29) is 12.1 Å². The van der Waals surface area contributed by atoms with Gasteiger partial charge in [0.2, 0.25) is 0 Å². The van der Waals surface area contributed by atoms with Crippen molar-refractivity contribution in [2.75, 3.05) is 7.11 Å². The molecule has 0 bridgehead atoms. The molecule has 1 aliphatic rings. The molecule has 9 nitrogen and oxygen atoms in total. The van der Waals surface area contributed by atoms with Crippen molar-refractivity contribution in [2.24, 2.45) is 5.73 Å². The SMILES string of the molecule is CC(=O)O.CC(=O)O.CCCn1nc(C)nc1[C@H]1CC[C@@H](OC)[C@H](N)C1. The minimum Gasteiger partial charge on any atom is -0.481 e. The Kier molecular flexibility index (Phi) is 11.4. The molecular formula is C17H32N4O5. The Hall–Kier alpha value is -2.00. The highest BCUT2D eigenvalue weighted by Gasteiger charge is 2.31. The molecule has 1 heterocycles. The van der Waals surface area contributed by atoms with E-state index in [9.17, 15) is 0 Å². The van der Waals surface area contributed by atoms with E-state index in [4.69, 9.17) is 30.3 Å². The van der Waals surface area contributed by atoms with Crippen LogP contribution >= 0.6 is 0 Å². The fraction of sp³-hybridized carbons (Fsp3) is 0.765. The maximum atomic E-state index is 9.00. The Bertz CT molecular complexity index is 541. The zero-order chi connectivity index (χ0) is 20.3. The van der Waals surface area contributed by atoms with Crippen molar-refractivity contribution in [1.29, 1.82) is 0 Å². The Morgan fingerprint density at radius 2 is 1.81 bits per heavy atom. The normalized spacial score (nSPS) is 21.7. The van der Waals surface area contributed by atoms with Crippen LogP contribution in [0.1, 0.15) is 64.0 Å². The van der Waals surface area contributed by atoms with Crippen molar-refractivity contribution in [3.8, 4) is 0 Å². The van der Waals surface area contributed by atoms with E-state index in [0.29, 0.717) is 5.92 Å². The highest BCUT2D eigenvalue weighted by molar-refractivity contribution is 5.63. The van der Waals surface area contributed by atoms with Crippen LogP contribution in [0.5, 0.6) is 0 Å². The third-order valence-electron chi connectivity index (χ3n) is 3.74. The Morgan fingerprint density at radius 1 is 1.27 bits per heavy atom. The number of rotatable bonds is 4. The molecule has 0 spiro atoms. The third-order valence-corrected chi connectivity index (χ3v) is 3.74. The average molecular weight is 372 g/mol. The number of nitrogens with zero attached hydrogens (tertiary/aromatic N) is 3. The highest BCUT2D eigenvalue weighted by atomic mass is 16.5. The predicted molar refractivity (Wildman–Crippen MR) is 97.0 cm³/mol. The zero-order valence-corrected chi connectivity index (χ0v) is 16.3. The molecule has 0 unspecified atom stereocenters. The van der Waals surface area contributed by atoms with Gasteiger partial charge in [0.15, 0.2) is 0 Å². The number of methoxy groups -OCH3 is 1. The first-order chi connectivity index (χ1) is 12.1. The number of carboxylic acids is 2. The number of carbonyl (C=O) groups is 2. The van der Waals surface area contributed by atoms with Gasteiger partial charge in [0.1, 0.15) is 11.6 Å². The lowest BCUT2D eigenvalue weighted by atomic mass is 9.83. The smallest absolute Gasteiger partial charge is 0.300 e. The summed E-state index contributed by atoms with van der Waals surface area (Å²) in [6.45, 7) is 7.22. The van der Waals surface area contributed by atoms with E-state index in [1.165, 1.54) is 0 Å². The van der Waals surface area contributed by atoms with Gasteiger partial charge >= 0.3 is 0 Å². The standard InChI is InChI=1S/C13H24N4O.2C2H4O2/c1-4-7-17-13(15-9(2)16-17)10-5-6-12(18-3)11(14)8-10;2*1-2(3)4/h10-12H,4-8,14H2,1-3H3;2*1H3,(H,3,4)/t10-,11+,12+;;/m0../s1. The summed E-state index contributed by atoms with van der Waals surface area (Å²) < 4.78 is 7.46. The van der Waals surface area contributed by atoms with Crippen LogP contribution in [0.25, 0.3) is 0 Å². The minimum absolute atomic E-state index is 0.112. The quantitative estimate of drug-likeness (QED) is 0.726. The lowest BCUT2D eigenvalue weighted by molar-refractivity contribution is -0.135. The van der Waals surface area contributed by atoms with Crippen LogP contribution in [0.3, 0.4) is 0 Å². The molecule has 1 aliphatic carbocycles. The van der Waals surface area contributed by atoms with Crippen molar-refractivity contribution in [3.63, 3.8) is 0 Å². The van der Waals surface area contributed by atoms with Gasteiger partial charge in [-0.05, 0) is 32.6 Å². The molecule has 3 atom stereocenters. The van der Waals surface area contributed by atoms with Gasteiger partial charge in [0.05, 0.1) is 6.10 Å². The monoisotopic (exact) mass is 372 g/mol. The first-order valence-corrected chi connectivity index (χ1v) is 8.71. The summed E-state index contributed by atoms with van der Waals surface area (Å²) in [5.74, 6) is 0.736. The Balaban J connectivity index is 0.000000662. The fourth-order valence-corrected chi connectivity index (χ4v) is 2.86. The summed E-state index contributed by atoms with van der Waals surface area (Å²) in [5, 5.41) is 19.3. The van der Waals surface area contributed by atoms with Crippen molar-refractivity contribution in [1.82, 2.24) is 14.8 Å². The van der Waals surface area contributed by atoms with Crippen LogP contribution in [0, 0.1) is 6.92 Å². The van der Waals surface area contributed by atoms with Crippen LogP contribution in [0.15, 0.2) is 0 Å². The molecule has 0 saturated heterocycles. The van der Waals surface area contributed by atoms with Crippen molar-refractivity contribution in [3.05, 3.63) is 11.6 Å². The van der Waals surface area contributed by atoms with Gasteiger partial charge in [-0.25, -0.2) is 9.67 Å². The number of hydrogen-bond acceptors (Lipinski definition) is 6. The van der Waals surface area contributed by atoms with Crippen LogP contribution in [0.4, 0.5) is 0 Å². The van der Waals surface area contributed by atoms with Gasteiger partial charge in [0, 0.05) is 39.5 Å². The van der Waals surface area contributed by atoms with Crippen LogP contribution in [0.2, 0.25) is 0 Å². The van der Waals surface area contributed by atoms with E-state index in [2.05, 4.69) is 21.7 Å². The van der Waals surface area contributed by atoms with Crippen LogP contribution in [-0.2, 0) is 20.9 Å². The maximum absolute atomic E-state index is 9.00. The second-order valence-electron chi connectivity index (χ2n) is 6.23. The molecule has 0 aliphatic heterocycles. The maximum Gasteiger partial charge on any atom is 0.300 e. The first-order valence-electron chi connectivity index (χ1n) is 8.71. The molecule has 1 aromatic rings. The number of aromatic nitrogens is 3. The Labute approximate surface area is 154 Å². The highest BCUT2D eigenvalue weighted by Crippen LogP contribution is 2.32. The average Bonchev–Trinajstić information content (AvgIpc) is 2.87. The third kappa shape index (κ3) is 9.47. The first kappa shape index (κ1) is 24.0. The lowest BCUT2D eigenvalue weighted by Gasteiger charge is -2.32. The minimum atomic E-state index is -0.833. The summed E-state index contributed by atoms with van der Waals surface area (Å²) >= 11 is 0. The van der Waals surface area contributed by atoms with Crippen LogP contribution in [-0.4, -0.2) is 56.2 Å². The summed E-state index contributed by atoms with van der Waals surface area (Å²) in [6.07, 6.45) is 4.33. The van der Waals surface area contributed by atoms with Gasteiger partial charge in [-0.3, -0.25) is 9.59 Å². The molecule has 26 heavy (non-hydrogen) atoms. The zero-order valence-electron chi connectivity index (χ0n) is 16.3. The van der Waals surface area contributed by atoms with Crippen molar-refractivity contribution in [2.45, 2.75) is 78.0 Å². The van der Waals surface area contributed by atoms with E-state index in [0.717, 1.165) is 57.7 Å². The molecule has 1 fully saturated rings. The summed E-state index contributed by atoms with van der Waals surface area (Å²) in [4.78, 5) is 22.6. The second kappa shape index (κ2) is 12.4. The molecule has 2 rings (SSSR count). The number of aliphatic carboxylic acids is 2. The Morgan fingerprint density at radius 3 is 2.23 bits per heavy atom. The molecule has 0 amide bonds.